The summed E-state index contributed by atoms with van der Waals surface area (Å²) in [4.78, 5) is -0.420. The molecule has 1 aliphatic rings. The maximum atomic E-state index is 13.9. The van der Waals surface area contributed by atoms with Crippen LogP contribution in [-0.2, 0) is 20.0 Å². The topological polar surface area (TPSA) is 74.8 Å². The minimum Gasteiger partial charge on any atom is -0.213 e. The molecular weight excluding hydrogens is 367 g/mol. The van der Waals surface area contributed by atoms with Crippen LogP contribution in [0.1, 0.15) is 12.8 Å². The SMILES string of the molecule is CN(C1CCN(S(=O)(=O)c2ccc(Cl)cc2F)CC1)S(C)(=O)=O. The molecule has 23 heavy (non-hydrogen) atoms. The molecule has 1 aromatic carbocycles. The van der Waals surface area contributed by atoms with Gasteiger partial charge in [-0.25, -0.2) is 25.5 Å². The van der Waals surface area contributed by atoms with Crippen molar-refractivity contribution in [1.29, 1.82) is 0 Å². The van der Waals surface area contributed by atoms with Gasteiger partial charge in [0.2, 0.25) is 20.0 Å². The monoisotopic (exact) mass is 384 g/mol. The third-order valence-electron chi connectivity index (χ3n) is 3.97. The van der Waals surface area contributed by atoms with E-state index in [9.17, 15) is 21.2 Å². The summed E-state index contributed by atoms with van der Waals surface area (Å²) < 4.78 is 64.4. The van der Waals surface area contributed by atoms with Gasteiger partial charge in [0.05, 0.1) is 6.26 Å². The molecule has 0 amide bonds. The second kappa shape index (κ2) is 6.64. The van der Waals surface area contributed by atoms with E-state index in [1.54, 1.807) is 0 Å². The summed E-state index contributed by atoms with van der Waals surface area (Å²) in [5, 5.41) is 0.120. The van der Waals surface area contributed by atoms with Crippen molar-refractivity contribution in [3.63, 3.8) is 0 Å². The highest BCUT2D eigenvalue weighted by molar-refractivity contribution is 7.89. The Morgan fingerprint density at radius 2 is 1.78 bits per heavy atom. The summed E-state index contributed by atoms with van der Waals surface area (Å²) in [6.45, 7) is 0.268. The van der Waals surface area contributed by atoms with Crippen molar-refractivity contribution in [2.75, 3.05) is 26.4 Å². The minimum absolute atomic E-state index is 0.120. The molecule has 6 nitrogen and oxygen atoms in total. The first-order valence-corrected chi connectivity index (χ1v) is 10.6. The normalized spacial score (nSPS) is 18.5. The van der Waals surface area contributed by atoms with E-state index in [0.29, 0.717) is 12.8 Å². The molecule has 130 valence electrons. The van der Waals surface area contributed by atoms with E-state index in [4.69, 9.17) is 11.6 Å². The van der Waals surface area contributed by atoms with Crippen molar-refractivity contribution in [1.82, 2.24) is 8.61 Å². The van der Waals surface area contributed by atoms with Crippen LogP contribution in [0.3, 0.4) is 0 Å². The lowest BCUT2D eigenvalue weighted by molar-refractivity contribution is 0.238. The number of rotatable bonds is 4. The Labute approximate surface area is 140 Å². The molecule has 0 aromatic heterocycles. The minimum atomic E-state index is -3.96. The quantitative estimate of drug-likeness (QED) is 0.788. The van der Waals surface area contributed by atoms with Gasteiger partial charge in [-0.15, -0.1) is 0 Å². The van der Waals surface area contributed by atoms with E-state index in [2.05, 4.69) is 0 Å². The molecule has 1 saturated heterocycles. The molecule has 0 bridgehead atoms. The maximum Gasteiger partial charge on any atom is 0.245 e. The van der Waals surface area contributed by atoms with E-state index in [0.717, 1.165) is 18.4 Å². The molecule has 1 aromatic rings. The number of benzene rings is 1. The third-order valence-corrected chi connectivity index (χ3v) is 7.48. The molecule has 0 saturated carbocycles. The van der Waals surface area contributed by atoms with Gasteiger partial charge in [0.15, 0.2) is 0 Å². The second-order valence-corrected chi connectivity index (χ2v) is 9.87. The largest absolute Gasteiger partial charge is 0.245 e. The highest BCUT2D eigenvalue weighted by Crippen LogP contribution is 2.26. The number of sulfonamides is 2. The van der Waals surface area contributed by atoms with Gasteiger partial charge in [0.1, 0.15) is 10.7 Å². The van der Waals surface area contributed by atoms with Crippen LogP contribution < -0.4 is 0 Å². The van der Waals surface area contributed by atoms with Gasteiger partial charge in [-0.3, -0.25) is 0 Å². The van der Waals surface area contributed by atoms with Crippen LogP contribution >= 0.6 is 11.6 Å². The summed E-state index contributed by atoms with van der Waals surface area (Å²) in [6.07, 6.45) is 1.83. The summed E-state index contributed by atoms with van der Waals surface area (Å²) in [7, 11) is -5.82. The van der Waals surface area contributed by atoms with Crippen molar-refractivity contribution >= 4 is 31.6 Å². The predicted octanol–water partition coefficient (Wildman–Crippen LogP) is 1.52. The lowest BCUT2D eigenvalue weighted by atomic mass is 10.1. The van der Waals surface area contributed by atoms with Crippen LogP contribution in [0.5, 0.6) is 0 Å². The Hall–Kier alpha value is -0.740. The van der Waals surface area contributed by atoms with E-state index in [1.807, 2.05) is 0 Å². The third kappa shape index (κ3) is 4.03. The number of piperidine rings is 1. The second-order valence-electron chi connectivity index (χ2n) is 5.49. The fourth-order valence-corrected chi connectivity index (χ4v) is 4.97. The fourth-order valence-electron chi connectivity index (χ4n) is 2.54. The van der Waals surface area contributed by atoms with Gasteiger partial charge >= 0.3 is 0 Å². The van der Waals surface area contributed by atoms with Gasteiger partial charge in [-0.05, 0) is 31.0 Å². The Balaban J connectivity index is 2.16. The highest BCUT2D eigenvalue weighted by Gasteiger charge is 2.34. The summed E-state index contributed by atoms with van der Waals surface area (Å²) in [5.41, 5.74) is 0. The molecule has 1 fully saturated rings. The van der Waals surface area contributed by atoms with Crippen LogP contribution in [0.25, 0.3) is 0 Å². The molecule has 0 unspecified atom stereocenters. The number of nitrogens with zero attached hydrogens (tertiary/aromatic N) is 2. The standard InChI is InChI=1S/C13H18ClFN2O4S2/c1-16(22(2,18)19)11-5-7-17(8-6-11)23(20,21)13-4-3-10(14)9-12(13)15/h3-4,9,11H,5-8H2,1-2H3. The zero-order valence-electron chi connectivity index (χ0n) is 12.7. The Morgan fingerprint density at radius 3 is 2.26 bits per heavy atom. The van der Waals surface area contributed by atoms with Gasteiger partial charge in [0.25, 0.3) is 0 Å². The summed E-state index contributed by atoms with van der Waals surface area (Å²) in [5.74, 6) is -0.895. The van der Waals surface area contributed by atoms with Crippen LogP contribution in [0.2, 0.25) is 5.02 Å². The van der Waals surface area contributed by atoms with Gasteiger partial charge < -0.3 is 0 Å². The summed E-state index contributed by atoms with van der Waals surface area (Å²) in [6, 6.07) is 3.16. The zero-order chi connectivity index (χ0) is 17.4. The molecule has 2 rings (SSSR count). The molecular formula is C13H18ClFN2O4S2. The van der Waals surface area contributed by atoms with Crippen LogP contribution in [0.4, 0.5) is 4.39 Å². The Bertz CT molecular complexity index is 790. The molecule has 1 aliphatic heterocycles. The van der Waals surface area contributed by atoms with Crippen molar-refractivity contribution in [3.05, 3.63) is 29.0 Å². The first-order chi connectivity index (χ1) is 10.5. The van der Waals surface area contributed by atoms with Gasteiger partial charge in [0, 0.05) is 31.2 Å². The van der Waals surface area contributed by atoms with E-state index < -0.39 is 30.8 Å². The van der Waals surface area contributed by atoms with Gasteiger partial charge in [-0.2, -0.15) is 4.31 Å². The molecule has 0 atom stereocenters. The van der Waals surface area contributed by atoms with Crippen LogP contribution in [-0.4, -0.2) is 57.9 Å². The first-order valence-electron chi connectivity index (χ1n) is 6.91. The van der Waals surface area contributed by atoms with Crippen molar-refractivity contribution in [2.24, 2.45) is 0 Å². The summed E-state index contributed by atoms with van der Waals surface area (Å²) >= 11 is 5.64. The molecule has 0 N–H and O–H groups in total. The Morgan fingerprint density at radius 1 is 1.22 bits per heavy atom. The van der Waals surface area contributed by atoms with E-state index in [1.165, 1.54) is 21.7 Å². The number of halogens is 2. The molecule has 1 heterocycles. The van der Waals surface area contributed by atoms with E-state index in [-0.39, 0.29) is 24.2 Å². The number of hydrogen-bond acceptors (Lipinski definition) is 4. The van der Waals surface area contributed by atoms with Crippen LogP contribution in [0, 0.1) is 5.82 Å². The highest BCUT2D eigenvalue weighted by atomic mass is 35.5. The first kappa shape index (κ1) is 18.6. The maximum absolute atomic E-state index is 13.9. The molecule has 10 heteroatoms. The van der Waals surface area contributed by atoms with Crippen LogP contribution in [0.15, 0.2) is 23.1 Å². The Kier molecular flexibility index (Phi) is 5.37. The smallest absolute Gasteiger partial charge is 0.213 e. The lowest BCUT2D eigenvalue weighted by Gasteiger charge is -2.35. The van der Waals surface area contributed by atoms with E-state index >= 15 is 0 Å². The average molecular weight is 385 g/mol. The fraction of sp³-hybridized carbons (Fsp3) is 0.538. The zero-order valence-corrected chi connectivity index (χ0v) is 15.1. The number of hydrogen-bond donors (Lipinski definition) is 0. The molecule has 0 radical (unpaired) electrons. The average Bonchev–Trinajstić information content (AvgIpc) is 2.45. The van der Waals surface area contributed by atoms with Crippen molar-refractivity contribution in [2.45, 2.75) is 23.8 Å². The molecule has 0 spiro atoms. The van der Waals surface area contributed by atoms with Crippen molar-refractivity contribution < 1.29 is 21.2 Å². The van der Waals surface area contributed by atoms with Gasteiger partial charge in [-0.1, -0.05) is 11.6 Å². The predicted molar refractivity (Wildman–Crippen MR) is 85.8 cm³/mol. The lowest BCUT2D eigenvalue weighted by Crippen LogP contribution is -2.47. The molecule has 0 aliphatic carbocycles. The van der Waals surface area contributed by atoms with Crippen molar-refractivity contribution in [3.8, 4) is 0 Å².